The molecule has 1 rings (SSSR count). The number of anilines is 1. The summed E-state index contributed by atoms with van der Waals surface area (Å²) in [5.74, 6) is 0.974. The molecule has 0 aliphatic carbocycles. The molecule has 1 aromatic carbocycles. The third-order valence-electron chi connectivity index (χ3n) is 2.87. The number of carbonyl (C=O) groups excluding carboxylic acids is 1. The summed E-state index contributed by atoms with van der Waals surface area (Å²) in [6.07, 6.45) is 0.979. The van der Waals surface area contributed by atoms with Crippen LogP contribution >= 0.6 is 0 Å². The third kappa shape index (κ3) is 3.39. The normalized spacial score (nSPS) is 10.5. The van der Waals surface area contributed by atoms with Crippen molar-refractivity contribution in [2.75, 3.05) is 26.4 Å². The quantitative estimate of drug-likeness (QED) is 0.816. The number of nitrogen functional groups attached to an aromatic ring is 1. The van der Waals surface area contributed by atoms with Crippen molar-refractivity contribution < 1.29 is 9.53 Å². The van der Waals surface area contributed by atoms with Gasteiger partial charge in [-0.2, -0.15) is 0 Å². The summed E-state index contributed by atoms with van der Waals surface area (Å²) in [4.78, 5) is 14.0. The molecule has 4 nitrogen and oxygen atoms in total. The van der Waals surface area contributed by atoms with Crippen molar-refractivity contribution in [1.29, 1.82) is 0 Å². The van der Waals surface area contributed by atoms with Crippen LogP contribution < -0.4 is 10.5 Å². The molecular formula is C14H22N2O2. The van der Waals surface area contributed by atoms with Gasteiger partial charge in [0.2, 0.25) is 0 Å². The van der Waals surface area contributed by atoms with Crippen LogP contribution in [0.3, 0.4) is 0 Å². The van der Waals surface area contributed by atoms with E-state index >= 15 is 0 Å². The number of hydrogen-bond acceptors (Lipinski definition) is 3. The highest BCUT2D eigenvalue weighted by atomic mass is 16.5. The van der Waals surface area contributed by atoms with Crippen molar-refractivity contribution >= 4 is 11.6 Å². The van der Waals surface area contributed by atoms with Gasteiger partial charge in [0.1, 0.15) is 0 Å². The number of para-hydroxylation sites is 1. The molecule has 0 saturated carbocycles. The highest BCUT2D eigenvalue weighted by Crippen LogP contribution is 2.26. The summed E-state index contributed by atoms with van der Waals surface area (Å²) >= 11 is 0. The number of nitrogens with zero attached hydrogens (tertiary/aromatic N) is 1. The van der Waals surface area contributed by atoms with Gasteiger partial charge < -0.3 is 15.4 Å². The molecule has 0 saturated heterocycles. The van der Waals surface area contributed by atoms with E-state index in [1.54, 1.807) is 30.1 Å². The molecule has 2 N–H and O–H groups in total. The highest BCUT2D eigenvalue weighted by molar-refractivity contribution is 5.98. The van der Waals surface area contributed by atoms with Gasteiger partial charge >= 0.3 is 0 Å². The smallest absolute Gasteiger partial charge is 0.257 e. The van der Waals surface area contributed by atoms with Crippen LogP contribution in [0.1, 0.15) is 30.6 Å². The van der Waals surface area contributed by atoms with E-state index in [1.165, 1.54) is 7.11 Å². The van der Waals surface area contributed by atoms with Crippen molar-refractivity contribution in [2.24, 2.45) is 5.92 Å². The van der Waals surface area contributed by atoms with Gasteiger partial charge in [0.15, 0.2) is 5.75 Å². The lowest BCUT2D eigenvalue weighted by atomic mass is 10.1. The molecule has 100 valence electrons. The van der Waals surface area contributed by atoms with Gasteiger partial charge in [0, 0.05) is 13.6 Å². The minimum absolute atomic E-state index is 0.0557. The van der Waals surface area contributed by atoms with Gasteiger partial charge in [-0.05, 0) is 24.5 Å². The number of methoxy groups -OCH3 is 1. The fourth-order valence-corrected chi connectivity index (χ4v) is 1.71. The van der Waals surface area contributed by atoms with Gasteiger partial charge in [-0.3, -0.25) is 4.79 Å². The van der Waals surface area contributed by atoms with Crippen LogP contribution in [0.4, 0.5) is 5.69 Å². The summed E-state index contributed by atoms with van der Waals surface area (Å²) in [5, 5.41) is 0. The Bertz CT molecular complexity index is 416. The topological polar surface area (TPSA) is 55.6 Å². The Labute approximate surface area is 109 Å². The minimum Gasteiger partial charge on any atom is -0.494 e. The Morgan fingerprint density at radius 1 is 1.44 bits per heavy atom. The number of rotatable bonds is 5. The molecule has 0 atom stereocenters. The van der Waals surface area contributed by atoms with Crippen LogP contribution in [0, 0.1) is 5.92 Å². The van der Waals surface area contributed by atoms with Gasteiger partial charge in [-0.1, -0.05) is 19.9 Å². The second-order valence-corrected chi connectivity index (χ2v) is 4.84. The second-order valence-electron chi connectivity index (χ2n) is 4.84. The molecule has 0 bridgehead atoms. The molecule has 0 aliphatic rings. The number of amides is 1. The van der Waals surface area contributed by atoms with Gasteiger partial charge in [0.25, 0.3) is 5.91 Å². The lowest BCUT2D eigenvalue weighted by Crippen LogP contribution is -2.29. The first-order valence-electron chi connectivity index (χ1n) is 6.15. The molecule has 0 spiro atoms. The fraction of sp³-hybridized carbons (Fsp3) is 0.500. The van der Waals surface area contributed by atoms with Crippen molar-refractivity contribution in [3.05, 3.63) is 23.8 Å². The predicted molar refractivity (Wildman–Crippen MR) is 73.8 cm³/mol. The zero-order valence-corrected chi connectivity index (χ0v) is 11.6. The Morgan fingerprint density at radius 3 is 2.67 bits per heavy atom. The Hall–Kier alpha value is -1.71. The molecule has 0 aliphatic heterocycles. The van der Waals surface area contributed by atoms with E-state index in [9.17, 15) is 4.79 Å². The predicted octanol–water partition coefficient (Wildman–Crippen LogP) is 2.40. The number of benzene rings is 1. The summed E-state index contributed by atoms with van der Waals surface area (Å²) in [5.41, 5.74) is 6.80. The number of carbonyl (C=O) groups is 1. The van der Waals surface area contributed by atoms with Gasteiger partial charge in [0.05, 0.1) is 18.4 Å². The van der Waals surface area contributed by atoms with Crippen molar-refractivity contribution in [3.8, 4) is 5.75 Å². The van der Waals surface area contributed by atoms with Crippen LogP contribution in [0.15, 0.2) is 18.2 Å². The van der Waals surface area contributed by atoms with E-state index in [2.05, 4.69) is 13.8 Å². The summed E-state index contributed by atoms with van der Waals surface area (Å²) in [7, 11) is 3.32. The first-order valence-corrected chi connectivity index (χ1v) is 6.15. The van der Waals surface area contributed by atoms with Crippen LogP contribution in [-0.4, -0.2) is 31.5 Å². The maximum absolute atomic E-state index is 12.3. The van der Waals surface area contributed by atoms with Crippen LogP contribution in [0.2, 0.25) is 0 Å². The molecule has 18 heavy (non-hydrogen) atoms. The van der Waals surface area contributed by atoms with E-state index in [1.807, 2.05) is 0 Å². The molecule has 0 unspecified atom stereocenters. The zero-order valence-electron chi connectivity index (χ0n) is 11.6. The largest absolute Gasteiger partial charge is 0.494 e. The molecule has 1 aromatic rings. The first-order chi connectivity index (χ1) is 8.47. The lowest BCUT2D eigenvalue weighted by Gasteiger charge is -2.20. The van der Waals surface area contributed by atoms with Crippen molar-refractivity contribution in [1.82, 2.24) is 4.90 Å². The Kier molecular flexibility index (Phi) is 5.01. The number of ether oxygens (including phenoxy) is 1. The van der Waals surface area contributed by atoms with E-state index in [-0.39, 0.29) is 5.91 Å². The molecule has 0 fully saturated rings. The lowest BCUT2D eigenvalue weighted by molar-refractivity contribution is 0.0786. The minimum atomic E-state index is -0.0557. The molecule has 4 heteroatoms. The fourth-order valence-electron chi connectivity index (χ4n) is 1.71. The van der Waals surface area contributed by atoms with Crippen molar-refractivity contribution in [3.63, 3.8) is 0 Å². The highest BCUT2D eigenvalue weighted by Gasteiger charge is 2.18. The first kappa shape index (κ1) is 14.4. The number of nitrogens with two attached hydrogens (primary N) is 1. The Morgan fingerprint density at radius 2 is 2.11 bits per heavy atom. The molecule has 0 radical (unpaired) electrons. The monoisotopic (exact) mass is 250 g/mol. The van der Waals surface area contributed by atoms with E-state index in [0.717, 1.165) is 13.0 Å². The van der Waals surface area contributed by atoms with Crippen LogP contribution in [0.25, 0.3) is 0 Å². The average Bonchev–Trinajstić information content (AvgIpc) is 2.34. The summed E-state index contributed by atoms with van der Waals surface area (Å²) in [6.45, 7) is 5.01. The number of hydrogen-bond donors (Lipinski definition) is 1. The Balaban J connectivity index is 2.86. The summed E-state index contributed by atoms with van der Waals surface area (Å²) in [6, 6.07) is 5.23. The molecule has 0 heterocycles. The van der Waals surface area contributed by atoms with Crippen LogP contribution in [0.5, 0.6) is 5.75 Å². The molecule has 0 aromatic heterocycles. The van der Waals surface area contributed by atoms with Gasteiger partial charge in [-0.25, -0.2) is 0 Å². The third-order valence-corrected chi connectivity index (χ3v) is 2.87. The molecule has 1 amide bonds. The van der Waals surface area contributed by atoms with Crippen molar-refractivity contribution in [2.45, 2.75) is 20.3 Å². The maximum atomic E-state index is 12.3. The maximum Gasteiger partial charge on any atom is 0.257 e. The van der Waals surface area contributed by atoms with Crippen LogP contribution in [-0.2, 0) is 0 Å². The zero-order chi connectivity index (χ0) is 13.7. The van der Waals surface area contributed by atoms with E-state index in [4.69, 9.17) is 10.5 Å². The molecular weight excluding hydrogens is 228 g/mol. The second kappa shape index (κ2) is 6.28. The average molecular weight is 250 g/mol. The SMILES string of the molecule is COc1c(N)cccc1C(=O)N(C)CCC(C)C. The summed E-state index contributed by atoms with van der Waals surface area (Å²) < 4.78 is 5.20. The van der Waals surface area contributed by atoms with E-state index in [0.29, 0.717) is 22.9 Å². The van der Waals surface area contributed by atoms with E-state index < -0.39 is 0 Å². The van der Waals surface area contributed by atoms with Gasteiger partial charge in [-0.15, -0.1) is 0 Å². The standard InChI is InChI=1S/C14H22N2O2/c1-10(2)8-9-16(3)14(17)11-6-5-7-12(15)13(11)18-4/h5-7,10H,8-9,15H2,1-4H3.